The summed E-state index contributed by atoms with van der Waals surface area (Å²) in [5.74, 6) is -1.69. The van der Waals surface area contributed by atoms with E-state index in [-0.39, 0.29) is 12.5 Å². The zero-order chi connectivity index (χ0) is 17.4. The van der Waals surface area contributed by atoms with Crippen molar-refractivity contribution < 1.29 is 19.4 Å². The van der Waals surface area contributed by atoms with Crippen molar-refractivity contribution in [1.82, 2.24) is 4.90 Å². The van der Waals surface area contributed by atoms with E-state index in [0.717, 1.165) is 16.7 Å². The fourth-order valence-electron chi connectivity index (χ4n) is 3.00. The van der Waals surface area contributed by atoms with Crippen molar-refractivity contribution >= 4 is 12.1 Å². The monoisotopic (exact) mass is 319 g/mol. The van der Waals surface area contributed by atoms with Crippen molar-refractivity contribution in [3.63, 3.8) is 0 Å². The second kappa shape index (κ2) is 6.22. The summed E-state index contributed by atoms with van der Waals surface area (Å²) >= 11 is 0. The van der Waals surface area contributed by atoms with E-state index in [4.69, 9.17) is 4.74 Å². The van der Waals surface area contributed by atoms with Gasteiger partial charge in [0.15, 0.2) is 0 Å². The fraction of sp³-hybridized carbons (Fsp3) is 0.556. The summed E-state index contributed by atoms with van der Waals surface area (Å²) in [6.45, 7) is 9.93. The summed E-state index contributed by atoms with van der Waals surface area (Å²) in [4.78, 5) is 25.4. The fourth-order valence-corrected chi connectivity index (χ4v) is 3.00. The zero-order valence-corrected chi connectivity index (χ0v) is 14.4. The van der Waals surface area contributed by atoms with E-state index in [1.807, 2.05) is 32.0 Å². The second-order valence-electron chi connectivity index (χ2n) is 7.30. The summed E-state index contributed by atoms with van der Waals surface area (Å²) in [7, 11) is 0. The van der Waals surface area contributed by atoms with E-state index in [1.54, 1.807) is 20.8 Å². The van der Waals surface area contributed by atoms with Gasteiger partial charge in [-0.15, -0.1) is 0 Å². The number of benzene rings is 1. The molecule has 1 amide bonds. The van der Waals surface area contributed by atoms with Crippen LogP contribution in [0.1, 0.15) is 43.4 Å². The lowest BCUT2D eigenvalue weighted by Gasteiger charge is -2.24. The van der Waals surface area contributed by atoms with Crippen molar-refractivity contribution in [3.8, 4) is 0 Å². The zero-order valence-electron chi connectivity index (χ0n) is 14.4. The molecule has 5 heteroatoms. The minimum atomic E-state index is -0.873. The maximum absolute atomic E-state index is 12.3. The molecule has 0 aromatic heterocycles. The van der Waals surface area contributed by atoms with Crippen LogP contribution in [-0.2, 0) is 9.53 Å². The molecular formula is C18H25NO4. The number of hydrogen-bond donors (Lipinski definition) is 1. The van der Waals surface area contributed by atoms with E-state index in [0.29, 0.717) is 6.54 Å². The van der Waals surface area contributed by atoms with Gasteiger partial charge in [0.25, 0.3) is 0 Å². The van der Waals surface area contributed by atoms with Crippen molar-refractivity contribution in [1.29, 1.82) is 0 Å². The van der Waals surface area contributed by atoms with Gasteiger partial charge in [0, 0.05) is 19.0 Å². The Bertz CT molecular complexity index is 618. The molecule has 1 aromatic rings. The van der Waals surface area contributed by atoms with Crippen molar-refractivity contribution in [2.75, 3.05) is 13.1 Å². The third-order valence-electron chi connectivity index (χ3n) is 4.12. The Balaban J connectivity index is 2.27. The lowest BCUT2D eigenvalue weighted by molar-refractivity contribution is -0.141. The van der Waals surface area contributed by atoms with Crippen LogP contribution >= 0.6 is 0 Å². The van der Waals surface area contributed by atoms with Gasteiger partial charge in [-0.1, -0.05) is 23.8 Å². The first-order valence-electron chi connectivity index (χ1n) is 7.86. The van der Waals surface area contributed by atoms with Gasteiger partial charge >= 0.3 is 12.1 Å². The largest absolute Gasteiger partial charge is 0.481 e. The van der Waals surface area contributed by atoms with Crippen molar-refractivity contribution in [2.24, 2.45) is 5.92 Å². The molecule has 23 heavy (non-hydrogen) atoms. The molecule has 2 rings (SSSR count). The van der Waals surface area contributed by atoms with E-state index in [9.17, 15) is 14.7 Å². The minimum absolute atomic E-state index is 0.183. The number of carbonyl (C=O) groups is 2. The standard InChI is InChI=1S/C18H25NO4/c1-11-6-7-12(2)13(8-11)14-9-19(10-15(14)16(20)21)17(22)23-18(3,4)5/h6-8,14-15H,9-10H2,1-5H3,(H,20,21). The Kier molecular flexibility index (Phi) is 4.68. The highest BCUT2D eigenvalue weighted by Crippen LogP contribution is 2.35. The number of hydrogen-bond acceptors (Lipinski definition) is 3. The quantitative estimate of drug-likeness (QED) is 0.908. The van der Waals surface area contributed by atoms with Gasteiger partial charge in [0.1, 0.15) is 5.60 Å². The average molecular weight is 319 g/mol. The van der Waals surface area contributed by atoms with Crippen molar-refractivity contribution in [3.05, 3.63) is 34.9 Å². The van der Waals surface area contributed by atoms with E-state index >= 15 is 0 Å². The summed E-state index contributed by atoms with van der Waals surface area (Å²) in [5, 5.41) is 9.56. The average Bonchev–Trinajstić information content (AvgIpc) is 2.85. The maximum Gasteiger partial charge on any atom is 0.410 e. The Hall–Kier alpha value is -2.04. The van der Waals surface area contributed by atoms with Crippen LogP contribution < -0.4 is 0 Å². The molecule has 1 saturated heterocycles. The molecule has 5 nitrogen and oxygen atoms in total. The number of carbonyl (C=O) groups excluding carboxylic acids is 1. The molecule has 1 aliphatic rings. The number of aryl methyl sites for hydroxylation is 2. The molecule has 126 valence electrons. The maximum atomic E-state index is 12.3. The third kappa shape index (κ3) is 4.03. The number of carboxylic acids is 1. The molecule has 1 heterocycles. The molecule has 1 aliphatic heterocycles. The normalized spacial score (nSPS) is 21.3. The second-order valence-corrected chi connectivity index (χ2v) is 7.30. The number of nitrogens with zero attached hydrogens (tertiary/aromatic N) is 1. The molecule has 0 spiro atoms. The van der Waals surface area contributed by atoms with Gasteiger partial charge in [-0.3, -0.25) is 4.79 Å². The van der Waals surface area contributed by atoms with Gasteiger partial charge < -0.3 is 14.7 Å². The number of carboxylic acid groups (broad SMARTS) is 1. The van der Waals surface area contributed by atoms with E-state index in [2.05, 4.69) is 0 Å². The van der Waals surface area contributed by atoms with Crippen LogP contribution in [0.2, 0.25) is 0 Å². The lowest BCUT2D eigenvalue weighted by Crippen LogP contribution is -2.35. The van der Waals surface area contributed by atoms with Gasteiger partial charge in [-0.25, -0.2) is 4.79 Å². The van der Waals surface area contributed by atoms with E-state index in [1.165, 1.54) is 4.90 Å². The number of ether oxygens (including phenoxy) is 1. The smallest absolute Gasteiger partial charge is 0.410 e. The molecule has 0 aliphatic carbocycles. The molecule has 2 atom stereocenters. The molecule has 1 N–H and O–H groups in total. The Morgan fingerprint density at radius 2 is 1.87 bits per heavy atom. The van der Waals surface area contributed by atoms with Crippen LogP contribution in [0, 0.1) is 19.8 Å². The van der Waals surface area contributed by atoms with Gasteiger partial charge in [-0.2, -0.15) is 0 Å². The third-order valence-corrected chi connectivity index (χ3v) is 4.12. The number of amides is 1. The van der Waals surface area contributed by atoms with Crippen LogP contribution in [0.15, 0.2) is 18.2 Å². The van der Waals surface area contributed by atoms with Crippen LogP contribution in [0.3, 0.4) is 0 Å². The minimum Gasteiger partial charge on any atom is -0.481 e. The van der Waals surface area contributed by atoms with Crippen LogP contribution in [0.5, 0.6) is 0 Å². The first kappa shape index (κ1) is 17.3. The van der Waals surface area contributed by atoms with E-state index < -0.39 is 23.6 Å². The molecule has 1 aromatic carbocycles. The number of rotatable bonds is 2. The highest BCUT2D eigenvalue weighted by Gasteiger charge is 2.42. The molecule has 2 unspecified atom stereocenters. The summed E-state index contributed by atoms with van der Waals surface area (Å²) in [6.07, 6.45) is -0.448. The molecular weight excluding hydrogens is 294 g/mol. The first-order valence-corrected chi connectivity index (χ1v) is 7.86. The lowest BCUT2D eigenvalue weighted by atomic mass is 9.86. The van der Waals surface area contributed by atoms with Gasteiger partial charge in [0.05, 0.1) is 5.92 Å². The Morgan fingerprint density at radius 3 is 2.43 bits per heavy atom. The number of likely N-dealkylation sites (tertiary alicyclic amines) is 1. The molecule has 0 radical (unpaired) electrons. The van der Waals surface area contributed by atoms with Crippen LogP contribution in [-0.4, -0.2) is 40.8 Å². The Labute approximate surface area is 137 Å². The van der Waals surface area contributed by atoms with Crippen LogP contribution in [0.25, 0.3) is 0 Å². The highest BCUT2D eigenvalue weighted by atomic mass is 16.6. The topological polar surface area (TPSA) is 66.8 Å². The molecule has 0 saturated carbocycles. The predicted octanol–water partition coefficient (Wildman–Crippen LogP) is 3.34. The summed E-state index contributed by atoms with van der Waals surface area (Å²) in [5.41, 5.74) is 2.56. The SMILES string of the molecule is Cc1ccc(C)c(C2CN(C(=O)OC(C)(C)C)CC2C(=O)O)c1. The summed E-state index contributed by atoms with van der Waals surface area (Å²) < 4.78 is 5.38. The van der Waals surface area contributed by atoms with Gasteiger partial charge in [-0.05, 0) is 45.7 Å². The Morgan fingerprint density at radius 1 is 1.22 bits per heavy atom. The van der Waals surface area contributed by atoms with Crippen LogP contribution in [0.4, 0.5) is 4.79 Å². The predicted molar refractivity (Wildman–Crippen MR) is 87.6 cm³/mol. The highest BCUT2D eigenvalue weighted by molar-refractivity contribution is 5.76. The van der Waals surface area contributed by atoms with Gasteiger partial charge in [0.2, 0.25) is 0 Å². The first-order chi connectivity index (χ1) is 10.6. The summed E-state index contributed by atoms with van der Waals surface area (Å²) in [6, 6.07) is 6.03. The van der Waals surface area contributed by atoms with Crippen molar-refractivity contribution in [2.45, 2.75) is 46.1 Å². The molecule has 1 fully saturated rings. The molecule has 0 bridgehead atoms. The number of aliphatic carboxylic acids is 1.